The number of epoxide rings is 1. The summed E-state index contributed by atoms with van der Waals surface area (Å²) in [6.45, 7) is 11.3. The highest BCUT2D eigenvalue weighted by molar-refractivity contribution is 4.78. The van der Waals surface area contributed by atoms with Crippen molar-refractivity contribution in [1.29, 1.82) is 0 Å². The molecule has 0 radical (unpaired) electrons. The maximum atomic E-state index is 5.38. The maximum Gasteiger partial charge on any atom is 0.130 e. The lowest BCUT2D eigenvalue weighted by Gasteiger charge is -2.32. The molecule has 1 aliphatic rings. The Morgan fingerprint density at radius 1 is 1.12 bits per heavy atom. The molecule has 17 heavy (non-hydrogen) atoms. The number of rotatable bonds is 10. The van der Waals surface area contributed by atoms with Crippen LogP contribution in [0.15, 0.2) is 12.3 Å². The topological polar surface area (TPSA) is 12.5 Å². The lowest BCUT2D eigenvalue weighted by Crippen LogP contribution is -2.45. The Balaban J connectivity index is 2.28. The molecule has 0 aromatic rings. The monoisotopic (exact) mass is 240 g/mol. The van der Waals surface area contributed by atoms with Crippen molar-refractivity contribution >= 4 is 0 Å². The molecule has 1 heterocycles. The molecule has 0 aromatic carbocycles. The fourth-order valence-electron chi connectivity index (χ4n) is 2.32. The molecule has 0 saturated carbocycles. The van der Waals surface area contributed by atoms with Crippen molar-refractivity contribution in [2.75, 3.05) is 26.2 Å². The van der Waals surface area contributed by atoms with Gasteiger partial charge in [-0.2, -0.15) is 0 Å². The third kappa shape index (κ3) is 5.69. The minimum atomic E-state index is 0.527. The van der Waals surface area contributed by atoms with Crippen LogP contribution < -0.4 is 0 Å². The van der Waals surface area contributed by atoms with Crippen molar-refractivity contribution in [3.05, 3.63) is 12.3 Å². The number of hydrogen-bond donors (Lipinski definition) is 0. The van der Waals surface area contributed by atoms with Crippen LogP contribution in [0.5, 0.6) is 0 Å². The zero-order valence-corrected chi connectivity index (χ0v) is 12.0. The van der Waals surface area contributed by atoms with Gasteiger partial charge in [-0.1, -0.05) is 26.2 Å². The quantitative estimate of drug-likeness (QED) is 0.322. The lowest BCUT2D eigenvalue weighted by atomic mass is 10.1. The van der Waals surface area contributed by atoms with E-state index in [9.17, 15) is 0 Å². The van der Waals surface area contributed by atoms with Crippen molar-refractivity contribution in [3.63, 3.8) is 0 Å². The summed E-state index contributed by atoms with van der Waals surface area (Å²) in [5.41, 5.74) is 0. The Hall–Kier alpha value is -0.340. The average molecular weight is 240 g/mol. The van der Waals surface area contributed by atoms with Gasteiger partial charge in [0.1, 0.15) is 12.6 Å². The van der Waals surface area contributed by atoms with Crippen LogP contribution in [-0.2, 0) is 4.74 Å². The molecule has 100 valence electrons. The van der Waals surface area contributed by atoms with Crippen LogP contribution in [-0.4, -0.2) is 36.8 Å². The zero-order valence-electron chi connectivity index (χ0n) is 12.0. The molecule has 0 aromatic heterocycles. The summed E-state index contributed by atoms with van der Waals surface area (Å²) in [4.78, 5) is 0. The second-order valence-electron chi connectivity index (χ2n) is 5.22. The average Bonchev–Trinajstić information content (AvgIpc) is 3.16. The van der Waals surface area contributed by atoms with Crippen molar-refractivity contribution in [3.8, 4) is 0 Å². The summed E-state index contributed by atoms with van der Waals surface area (Å²) in [5, 5.41) is 0. The fourth-order valence-corrected chi connectivity index (χ4v) is 2.32. The van der Waals surface area contributed by atoms with E-state index in [1.807, 2.05) is 0 Å². The molecule has 1 atom stereocenters. The Morgan fingerprint density at radius 3 is 2.35 bits per heavy atom. The molecule has 1 aliphatic heterocycles. The van der Waals surface area contributed by atoms with E-state index in [2.05, 4.69) is 33.0 Å². The second kappa shape index (κ2) is 7.88. The Morgan fingerprint density at radius 2 is 1.82 bits per heavy atom. The zero-order chi connectivity index (χ0) is 12.6. The van der Waals surface area contributed by atoms with Gasteiger partial charge in [0.25, 0.3) is 0 Å². The molecular formula is C15H30NO+. The SMILES string of the molecule is CCCCCC/C=C/[N+](CC)(CC)CC1CO1. The van der Waals surface area contributed by atoms with Gasteiger partial charge in [-0.25, -0.2) is 0 Å². The van der Waals surface area contributed by atoms with Crippen LogP contribution in [0.4, 0.5) is 0 Å². The third-order valence-electron chi connectivity index (χ3n) is 3.88. The number of ether oxygens (including phenoxy) is 1. The lowest BCUT2D eigenvalue weighted by molar-refractivity contribution is -0.876. The summed E-state index contributed by atoms with van der Waals surface area (Å²) >= 11 is 0. The van der Waals surface area contributed by atoms with E-state index in [0.717, 1.165) is 11.1 Å². The highest BCUT2D eigenvalue weighted by Crippen LogP contribution is 2.18. The van der Waals surface area contributed by atoms with E-state index < -0.39 is 0 Å². The molecule has 1 unspecified atom stereocenters. The molecule has 2 heteroatoms. The van der Waals surface area contributed by atoms with Crippen molar-refractivity contribution in [1.82, 2.24) is 0 Å². The van der Waals surface area contributed by atoms with Gasteiger partial charge in [0.15, 0.2) is 0 Å². The number of nitrogens with zero attached hydrogens (tertiary/aromatic N) is 1. The number of allylic oxidation sites excluding steroid dienone is 1. The number of likely N-dealkylation sites (N-methyl/N-ethyl adjacent to an activating group) is 1. The predicted molar refractivity (Wildman–Crippen MR) is 73.8 cm³/mol. The smallest absolute Gasteiger partial charge is 0.130 e. The van der Waals surface area contributed by atoms with Crippen molar-refractivity contribution in [2.45, 2.75) is 59.0 Å². The highest BCUT2D eigenvalue weighted by Gasteiger charge is 2.33. The van der Waals surface area contributed by atoms with E-state index in [-0.39, 0.29) is 0 Å². The van der Waals surface area contributed by atoms with Gasteiger partial charge in [0.05, 0.1) is 25.9 Å². The van der Waals surface area contributed by atoms with Gasteiger partial charge < -0.3 is 4.74 Å². The van der Waals surface area contributed by atoms with Crippen molar-refractivity contribution < 1.29 is 9.22 Å². The first-order valence-electron chi connectivity index (χ1n) is 7.41. The number of unbranched alkanes of at least 4 members (excludes halogenated alkanes) is 4. The van der Waals surface area contributed by atoms with Gasteiger partial charge in [-0.15, -0.1) is 0 Å². The van der Waals surface area contributed by atoms with Crippen LogP contribution in [0.2, 0.25) is 0 Å². The first kappa shape index (κ1) is 14.7. The summed E-state index contributed by atoms with van der Waals surface area (Å²) in [6.07, 6.45) is 12.0. The van der Waals surface area contributed by atoms with Gasteiger partial charge in [-0.3, -0.25) is 4.48 Å². The molecule has 0 aliphatic carbocycles. The molecule has 0 amide bonds. The summed E-state index contributed by atoms with van der Waals surface area (Å²) in [6, 6.07) is 0. The third-order valence-corrected chi connectivity index (χ3v) is 3.88. The standard InChI is InChI=1S/C15H30NO/c1-4-7-8-9-10-11-12-16(5-2,6-3)13-15-14-17-15/h11-12,15H,4-10,13-14H2,1-3H3/q+1/b12-11+. The largest absolute Gasteiger partial charge is 0.367 e. The van der Waals surface area contributed by atoms with Crippen LogP contribution >= 0.6 is 0 Å². The first-order valence-corrected chi connectivity index (χ1v) is 7.41. The maximum absolute atomic E-state index is 5.38. The van der Waals surface area contributed by atoms with E-state index in [4.69, 9.17) is 4.74 Å². The minimum Gasteiger partial charge on any atom is -0.367 e. The van der Waals surface area contributed by atoms with E-state index in [1.165, 1.54) is 51.7 Å². The summed E-state index contributed by atoms with van der Waals surface area (Å²) in [7, 11) is 0. The molecule has 1 fully saturated rings. The van der Waals surface area contributed by atoms with Crippen LogP contribution in [0, 0.1) is 0 Å². The van der Waals surface area contributed by atoms with Gasteiger partial charge in [-0.05, 0) is 32.8 Å². The molecule has 1 rings (SSSR count). The van der Waals surface area contributed by atoms with Gasteiger partial charge >= 0.3 is 0 Å². The van der Waals surface area contributed by atoms with Gasteiger partial charge in [0, 0.05) is 0 Å². The summed E-state index contributed by atoms with van der Waals surface area (Å²) < 4.78 is 6.47. The number of hydrogen-bond acceptors (Lipinski definition) is 1. The normalized spacial score (nSPS) is 20.1. The Labute approximate surface area is 107 Å². The minimum absolute atomic E-state index is 0.527. The molecule has 2 nitrogen and oxygen atoms in total. The van der Waals surface area contributed by atoms with Crippen molar-refractivity contribution in [2.24, 2.45) is 0 Å². The molecule has 0 N–H and O–H groups in total. The molecule has 0 spiro atoms. The highest BCUT2D eigenvalue weighted by atomic mass is 16.6. The van der Waals surface area contributed by atoms with Crippen LogP contribution in [0.25, 0.3) is 0 Å². The Kier molecular flexibility index (Phi) is 6.83. The van der Waals surface area contributed by atoms with E-state index in [0.29, 0.717) is 6.10 Å². The Bertz CT molecular complexity index is 217. The van der Waals surface area contributed by atoms with Crippen LogP contribution in [0.3, 0.4) is 0 Å². The van der Waals surface area contributed by atoms with E-state index >= 15 is 0 Å². The molecular weight excluding hydrogens is 210 g/mol. The number of quaternary nitrogens is 1. The van der Waals surface area contributed by atoms with Gasteiger partial charge in [0.2, 0.25) is 0 Å². The first-order chi connectivity index (χ1) is 8.26. The fraction of sp³-hybridized carbons (Fsp3) is 0.867. The predicted octanol–water partition coefficient (Wildman–Crippen LogP) is 3.73. The van der Waals surface area contributed by atoms with E-state index in [1.54, 1.807) is 0 Å². The molecule has 0 bridgehead atoms. The summed E-state index contributed by atoms with van der Waals surface area (Å²) in [5.74, 6) is 0. The second-order valence-corrected chi connectivity index (χ2v) is 5.22. The molecule has 1 saturated heterocycles. The van der Waals surface area contributed by atoms with Crippen LogP contribution in [0.1, 0.15) is 52.9 Å².